The summed E-state index contributed by atoms with van der Waals surface area (Å²) in [6, 6.07) is 4.63. The zero-order chi connectivity index (χ0) is 11.3. The Morgan fingerprint density at radius 2 is 2.06 bits per heavy atom. The smallest absolute Gasteiger partial charge is 0.125 e. The Kier molecular flexibility index (Phi) is 7.68. The molecule has 0 atom stereocenters. The number of hydrogen-bond acceptors (Lipinski definition) is 2. The van der Waals surface area contributed by atoms with Gasteiger partial charge in [0.2, 0.25) is 0 Å². The molecule has 1 aromatic carbocycles. The van der Waals surface area contributed by atoms with Crippen molar-refractivity contribution in [3.05, 3.63) is 34.6 Å². The molecule has 1 aromatic rings. The molecule has 2 nitrogen and oxygen atoms in total. The van der Waals surface area contributed by atoms with Crippen LogP contribution in [0, 0.1) is 5.82 Å². The second kappa shape index (κ2) is 7.85. The van der Waals surface area contributed by atoms with E-state index in [1.807, 2.05) is 14.1 Å². The number of likely N-dealkylation sites (N-methyl/N-ethyl adjacent to an activating group) is 2. The molecule has 0 radical (unpaired) electrons. The van der Waals surface area contributed by atoms with Gasteiger partial charge in [-0.2, -0.15) is 0 Å². The molecule has 0 heterocycles. The zero-order valence-corrected chi connectivity index (χ0v) is 11.0. The van der Waals surface area contributed by atoms with Gasteiger partial charge in [0.1, 0.15) is 5.82 Å². The molecule has 0 aliphatic rings. The molecule has 5 heteroatoms. The van der Waals surface area contributed by atoms with Crippen LogP contribution in [0.15, 0.2) is 18.2 Å². The first-order chi connectivity index (χ1) is 7.11. The summed E-state index contributed by atoms with van der Waals surface area (Å²) in [6.45, 7) is 2.54. The highest BCUT2D eigenvalue weighted by molar-refractivity contribution is 6.30. The summed E-state index contributed by atoms with van der Waals surface area (Å²) >= 11 is 5.77. The lowest BCUT2D eigenvalue weighted by Gasteiger charge is -2.16. The van der Waals surface area contributed by atoms with E-state index in [-0.39, 0.29) is 18.2 Å². The number of nitrogens with one attached hydrogen (secondary N) is 1. The van der Waals surface area contributed by atoms with Crippen LogP contribution in [-0.2, 0) is 6.54 Å². The van der Waals surface area contributed by atoms with E-state index in [4.69, 9.17) is 11.6 Å². The third-order valence-electron chi connectivity index (χ3n) is 2.12. The van der Waals surface area contributed by atoms with Crippen molar-refractivity contribution in [3.8, 4) is 0 Å². The van der Waals surface area contributed by atoms with Crippen molar-refractivity contribution in [1.29, 1.82) is 0 Å². The Bertz CT molecular complexity index is 301. The molecule has 0 saturated heterocycles. The first kappa shape index (κ1) is 15.7. The average molecular weight is 267 g/mol. The van der Waals surface area contributed by atoms with E-state index in [0.717, 1.165) is 18.7 Å². The molecule has 0 saturated carbocycles. The lowest BCUT2D eigenvalue weighted by atomic mass is 10.2. The quantitative estimate of drug-likeness (QED) is 0.882. The second-order valence-corrected chi connectivity index (χ2v) is 4.06. The molecule has 0 unspecified atom stereocenters. The van der Waals surface area contributed by atoms with Gasteiger partial charge in [0, 0.05) is 24.7 Å². The molecule has 92 valence electrons. The molecule has 16 heavy (non-hydrogen) atoms. The normalized spacial score (nSPS) is 10.3. The Morgan fingerprint density at radius 1 is 1.38 bits per heavy atom. The van der Waals surface area contributed by atoms with Gasteiger partial charge in [0.25, 0.3) is 0 Å². The van der Waals surface area contributed by atoms with Crippen LogP contribution in [0.4, 0.5) is 4.39 Å². The Hall–Kier alpha value is -0.350. The minimum absolute atomic E-state index is 0. The van der Waals surface area contributed by atoms with Crippen LogP contribution >= 0.6 is 24.0 Å². The van der Waals surface area contributed by atoms with E-state index in [1.165, 1.54) is 12.1 Å². The third-order valence-corrected chi connectivity index (χ3v) is 2.34. The van der Waals surface area contributed by atoms with Crippen molar-refractivity contribution in [2.75, 3.05) is 27.2 Å². The first-order valence-corrected chi connectivity index (χ1v) is 5.27. The highest BCUT2D eigenvalue weighted by atomic mass is 35.5. The number of rotatable bonds is 5. The fourth-order valence-corrected chi connectivity index (χ4v) is 1.64. The van der Waals surface area contributed by atoms with Crippen molar-refractivity contribution in [3.63, 3.8) is 0 Å². The Morgan fingerprint density at radius 3 is 2.62 bits per heavy atom. The second-order valence-electron chi connectivity index (χ2n) is 3.62. The van der Waals surface area contributed by atoms with Gasteiger partial charge in [-0.05, 0) is 37.9 Å². The predicted molar refractivity (Wildman–Crippen MR) is 68.9 cm³/mol. The van der Waals surface area contributed by atoms with Gasteiger partial charge in [0.15, 0.2) is 0 Å². The van der Waals surface area contributed by atoms with Crippen LogP contribution in [0.25, 0.3) is 0 Å². The average Bonchev–Trinajstić information content (AvgIpc) is 2.13. The predicted octanol–water partition coefficient (Wildman–Crippen LogP) is 2.55. The van der Waals surface area contributed by atoms with Gasteiger partial charge in [-0.1, -0.05) is 11.6 Å². The lowest BCUT2D eigenvalue weighted by molar-refractivity contribution is 0.327. The molecule has 0 amide bonds. The van der Waals surface area contributed by atoms with Crippen LogP contribution in [0.3, 0.4) is 0 Å². The van der Waals surface area contributed by atoms with Crippen LogP contribution in [0.1, 0.15) is 5.56 Å². The number of nitrogens with zero attached hydrogens (tertiary/aromatic N) is 1. The van der Waals surface area contributed by atoms with Crippen molar-refractivity contribution < 1.29 is 4.39 Å². The van der Waals surface area contributed by atoms with E-state index in [0.29, 0.717) is 11.6 Å². The van der Waals surface area contributed by atoms with E-state index in [1.54, 1.807) is 6.07 Å². The summed E-state index contributed by atoms with van der Waals surface area (Å²) in [5, 5.41) is 3.52. The number of benzene rings is 1. The number of hydrogen-bond donors (Lipinski definition) is 1. The fraction of sp³-hybridized carbons (Fsp3) is 0.455. The van der Waals surface area contributed by atoms with E-state index < -0.39 is 0 Å². The topological polar surface area (TPSA) is 15.3 Å². The van der Waals surface area contributed by atoms with Gasteiger partial charge in [-0.25, -0.2) is 4.39 Å². The molecule has 0 bridgehead atoms. The molecule has 0 aliphatic carbocycles. The molecule has 0 spiro atoms. The van der Waals surface area contributed by atoms with Crippen molar-refractivity contribution in [2.24, 2.45) is 0 Å². The maximum Gasteiger partial charge on any atom is 0.125 e. The van der Waals surface area contributed by atoms with E-state index in [9.17, 15) is 4.39 Å². The monoisotopic (exact) mass is 266 g/mol. The SMILES string of the molecule is CNCCN(C)Cc1cc(F)cc(Cl)c1.Cl. The van der Waals surface area contributed by atoms with E-state index in [2.05, 4.69) is 10.2 Å². The standard InChI is InChI=1S/C11H16ClFN2.ClH/c1-14-3-4-15(2)8-9-5-10(12)7-11(13)6-9;/h5-7,14H,3-4,8H2,1-2H3;1H. The summed E-state index contributed by atoms with van der Waals surface area (Å²) in [5.41, 5.74) is 0.901. The summed E-state index contributed by atoms with van der Waals surface area (Å²) in [7, 11) is 3.91. The first-order valence-electron chi connectivity index (χ1n) is 4.90. The van der Waals surface area contributed by atoms with Gasteiger partial charge in [-0.3, -0.25) is 0 Å². The highest BCUT2D eigenvalue weighted by Crippen LogP contribution is 2.15. The number of halogens is 3. The minimum Gasteiger partial charge on any atom is -0.318 e. The molecular weight excluding hydrogens is 250 g/mol. The minimum atomic E-state index is -0.278. The van der Waals surface area contributed by atoms with Crippen LogP contribution in [-0.4, -0.2) is 32.1 Å². The van der Waals surface area contributed by atoms with Crippen molar-refractivity contribution >= 4 is 24.0 Å². The highest BCUT2D eigenvalue weighted by Gasteiger charge is 2.02. The maximum atomic E-state index is 13.0. The summed E-state index contributed by atoms with van der Waals surface area (Å²) in [5.74, 6) is -0.278. The maximum absolute atomic E-state index is 13.0. The van der Waals surface area contributed by atoms with Gasteiger partial charge in [0.05, 0.1) is 0 Å². The zero-order valence-electron chi connectivity index (χ0n) is 9.46. The van der Waals surface area contributed by atoms with Crippen molar-refractivity contribution in [2.45, 2.75) is 6.54 Å². The Balaban J connectivity index is 0.00000225. The van der Waals surface area contributed by atoms with E-state index >= 15 is 0 Å². The molecule has 0 aromatic heterocycles. The Labute approximate surface area is 107 Å². The summed E-state index contributed by atoms with van der Waals surface area (Å²) in [4.78, 5) is 2.11. The van der Waals surface area contributed by atoms with Crippen LogP contribution in [0.5, 0.6) is 0 Å². The van der Waals surface area contributed by atoms with Crippen LogP contribution in [0.2, 0.25) is 5.02 Å². The van der Waals surface area contributed by atoms with Gasteiger partial charge >= 0.3 is 0 Å². The molecule has 1 N–H and O–H groups in total. The molecular formula is C11H17Cl2FN2. The fourth-order valence-electron chi connectivity index (χ4n) is 1.40. The largest absolute Gasteiger partial charge is 0.318 e. The van der Waals surface area contributed by atoms with Gasteiger partial charge < -0.3 is 10.2 Å². The molecule has 0 fully saturated rings. The van der Waals surface area contributed by atoms with Gasteiger partial charge in [-0.15, -0.1) is 12.4 Å². The molecule has 1 rings (SSSR count). The summed E-state index contributed by atoms with van der Waals surface area (Å²) < 4.78 is 13.0. The molecule has 0 aliphatic heterocycles. The van der Waals surface area contributed by atoms with Crippen LogP contribution < -0.4 is 5.32 Å². The van der Waals surface area contributed by atoms with Crippen molar-refractivity contribution in [1.82, 2.24) is 10.2 Å². The summed E-state index contributed by atoms with van der Waals surface area (Å²) in [6.07, 6.45) is 0. The lowest BCUT2D eigenvalue weighted by Crippen LogP contribution is -2.26. The third kappa shape index (κ3) is 5.66.